The van der Waals surface area contributed by atoms with Gasteiger partial charge in [-0.1, -0.05) is 0 Å². The van der Waals surface area contributed by atoms with E-state index in [4.69, 9.17) is 0 Å². The molecule has 0 aromatic heterocycles. The highest BCUT2D eigenvalue weighted by Gasteiger charge is 2.11. The van der Waals surface area contributed by atoms with Crippen LogP contribution in [0.4, 0.5) is 13.2 Å². The SMILES string of the molecule is O=S(=O)([O-])C(F)=C(F)F. The molecule has 9 heavy (non-hydrogen) atoms. The Morgan fingerprint density at radius 2 is 1.56 bits per heavy atom. The molecule has 0 atom stereocenters. The Hall–Kier alpha value is -0.560. The normalized spacial score (nSPS) is 11.1. The summed E-state index contributed by atoms with van der Waals surface area (Å²) in [7, 11) is -5.59. The number of halogens is 3. The van der Waals surface area contributed by atoms with E-state index >= 15 is 0 Å². The fourth-order valence-corrected chi connectivity index (χ4v) is 0.283. The maximum absolute atomic E-state index is 11.3. The molecule has 0 spiro atoms. The van der Waals surface area contributed by atoms with E-state index in [9.17, 15) is 26.1 Å². The van der Waals surface area contributed by atoms with Gasteiger partial charge in [0.2, 0.25) is 0 Å². The Bertz CT molecular complexity index is 223. The van der Waals surface area contributed by atoms with Crippen LogP contribution in [0, 0.1) is 0 Å². The van der Waals surface area contributed by atoms with Gasteiger partial charge in [0.1, 0.15) is 0 Å². The van der Waals surface area contributed by atoms with E-state index < -0.39 is 21.4 Å². The summed E-state index contributed by atoms with van der Waals surface area (Å²) in [5.74, 6) is 0. The Morgan fingerprint density at radius 1 is 1.22 bits per heavy atom. The van der Waals surface area contributed by atoms with Crippen molar-refractivity contribution in [1.29, 1.82) is 0 Å². The molecule has 0 N–H and O–H groups in total. The van der Waals surface area contributed by atoms with E-state index in [1.807, 2.05) is 0 Å². The first-order valence-corrected chi connectivity index (χ1v) is 2.93. The molecule has 0 rings (SSSR count). The van der Waals surface area contributed by atoms with Crippen LogP contribution in [0.1, 0.15) is 0 Å². The van der Waals surface area contributed by atoms with Gasteiger partial charge in [-0.05, 0) is 0 Å². The predicted molar refractivity (Wildman–Crippen MR) is 20.0 cm³/mol. The molecule has 54 valence electrons. The molecule has 0 aromatic rings. The molecule has 0 aliphatic rings. The van der Waals surface area contributed by atoms with Crippen molar-refractivity contribution in [2.45, 2.75) is 0 Å². The molecule has 0 heterocycles. The summed E-state index contributed by atoms with van der Waals surface area (Å²) >= 11 is 0. The highest BCUT2D eigenvalue weighted by Crippen LogP contribution is 2.13. The Labute approximate surface area is 48.5 Å². The molecule has 0 aliphatic heterocycles. The highest BCUT2D eigenvalue weighted by atomic mass is 32.2. The molecule has 0 aliphatic carbocycles. The van der Waals surface area contributed by atoms with Crippen molar-refractivity contribution < 1.29 is 26.1 Å². The lowest BCUT2D eigenvalue weighted by atomic mass is 11.1. The quantitative estimate of drug-likeness (QED) is 0.528. The maximum atomic E-state index is 11.3. The Kier molecular flexibility index (Phi) is 2.21. The number of hydrogen-bond acceptors (Lipinski definition) is 3. The zero-order chi connectivity index (χ0) is 7.65. The molecule has 0 unspecified atom stereocenters. The third-order valence-corrected chi connectivity index (χ3v) is 0.961. The van der Waals surface area contributed by atoms with E-state index in [1.165, 1.54) is 0 Å². The lowest BCUT2D eigenvalue weighted by molar-refractivity contribution is 0.379. The minimum absolute atomic E-state index is 2.91. The molecule has 0 amide bonds. The second-order valence-corrected chi connectivity index (χ2v) is 2.25. The third kappa shape index (κ3) is 2.47. The van der Waals surface area contributed by atoms with Crippen LogP contribution in [-0.2, 0) is 10.1 Å². The van der Waals surface area contributed by atoms with Crippen LogP contribution in [-0.4, -0.2) is 13.0 Å². The average Bonchev–Trinajstić information content (AvgIpc) is 1.62. The summed E-state index contributed by atoms with van der Waals surface area (Å²) in [6.07, 6.45) is -3.12. The monoisotopic (exact) mass is 161 g/mol. The van der Waals surface area contributed by atoms with Crippen LogP contribution in [0.5, 0.6) is 0 Å². The van der Waals surface area contributed by atoms with Crippen LogP contribution >= 0.6 is 0 Å². The van der Waals surface area contributed by atoms with Crippen molar-refractivity contribution >= 4 is 10.1 Å². The van der Waals surface area contributed by atoms with Crippen molar-refractivity contribution in [3.8, 4) is 0 Å². The van der Waals surface area contributed by atoms with Crippen molar-refractivity contribution in [2.24, 2.45) is 0 Å². The Morgan fingerprint density at radius 3 is 1.56 bits per heavy atom. The number of rotatable bonds is 1. The van der Waals surface area contributed by atoms with Crippen molar-refractivity contribution in [3.63, 3.8) is 0 Å². The smallest absolute Gasteiger partial charge is 0.316 e. The third-order valence-electron chi connectivity index (χ3n) is 0.368. The Balaban J connectivity index is 4.86. The average molecular weight is 161 g/mol. The molecule has 0 saturated heterocycles. The van der Waals surface area contributed by atoms with Crippen molar-refractivity contribution in [1.82, 2.24) is 0 Å². The second kappa shape index (κ2) is 2.36. The molecule has 0 fully saturated rings. The van der Waals surface area contributed by atoms with Gasteiger partial charge in [-0.2, -0.15) is 13.2 Å². The van der Waals surface area contributed by atoms with Gasteiger partial charge in [-0.3, -0.25) is 0 Å². The van der Waals surface area contributed by atoms with Crippen molar-refractivity contribution in [2.75, 3.05) is 0 Å². The number of hydrogen-bond donors (Lipinski definition) is 0. The summed E-state index contributed by atoms with van der Waals surface area (Å²) in [6.45, 7) is 0. The highest BCUT2D eigenvalue weighted by molar-refractivity contribution is 7.89. The van der Waals surface area contributed by atoms with Gasteiger partial charge in [0.25, 0.3) is 5.16 Å². The summed E-state index contributed by atoms with van der Waals surface area (Å²) < 4.78 is 60.9. The molecule has 7 heteroatoms. The second-order valence-electron chi connectivity index (χ2n) is 0.988. The van der Waals surface area contributed by atoms with E-state index in [0.717, 1.165) is 0 Å². The van der Waals surface area contributed by atoms with E-state index in [-0.39, 0.29) is 0 Å². The largest absolute Gasteiger partial charge is 0.742 e. The van der Waals surface area contributed by atoms with Crippen LogP contribution in [0.2, 0.25) is 0 Å². The summed E-state index contributed by atoms with van der Waals surface area (Å²) in [5.41, 5.74) is 0. The summed E-state index contributed by atoms with van der Waals surface area (Å²) in [4.78, 5) is 0. The molecule has 0 saturated carbocycles. The minimum atomic E-state index is -5.59. The summed E-state index contributed by atoms with van der Waals surface area (Å²) in [5, 5.41) is -2.91. The fraction of sp³-hybridized carbons (Fsp3) is 0. The standard InChI is InChI=1S/C2HF3O3S/c3-1(4)2(5)9(6,7)8/h(H,6,7,8)/p-1. The van der Waals surface area contributed by atoms with E-state index in [1.54, 1.807) is 0 Å². The van der Waals surface area contributed by atoms with Crippen molar-refractivity contribution in [3.05, 3.63) is 11.2 Å². The molecular formula is C2F3O3S-. The fourth-order valence-electron chi connectivity index (χ4n) is 0.0945. The van der Waals surface area contributed by atoms with Gasteiger partial charge < -0.3 is 4.55 Å². The molecule has 0 bridgehead atoms. The molecular weight excluding hydrogens is 161 g/mol. The topological polar surface area (TPSA) is 57.2 Å². The first kappa shape index (κ1) is 8.44. The molecule has 0 aromatic carbocycles. The van der Waals surface area contributed by atoms with Crippen LogP contribution in [0.3, 0.4) is 0 Å². The van der Waals surface area contributed by atoms with Gasteiger partial charge in [-0.25, -0.2) is 8.42 Å². The first-order chi connectivity index (χ1) is 3.85. The van der Waals surface area contributed by atoms with Crippen LogP contribution < -0.4 is 0 Å². The van der Waals surface area contributed by atoms with Crippen LogP contribution in [0.15, 0.2) is 11.2 Å². The van der Waals surface area contributed by atoms with Gasteiger partial charge in [0, 0.05) is 0 Å². The van der Waals surface area contributed by atoms with Gasteiger partial charge >= 0.3 is 6.08 Å². The van der Waals surface area contributed by atoms with Gasteiger partial charge in [0.05, 0.1) is 0 Å². The summed E-state index contributed by atoms with van der Waals surface area (Å²) in [6, 6.07) is 0. The van der Waals surface area contributed by atoms with Gasteiger partial charge in [0.15, 0.2) is 10.1 Å². The lowest BCUT2D eigenvalue weighted by Gasteiger charge is -1.99. The predicted octanol–water partition coefficient (Wildman–Crippen LogP) is 0.567. The zero-order valence-electron chi connectivity index (χ0n) is 3.77. The van der Waals surface area contributed by atoms with E-state index in [0.29, 0.717) is 0 Å². The molecule has 3 nitrogen and oxygen atoms in total. The maximum Gasteiger partial charge on any atom is 0.316 e. The van der Waals surface area contributed by atoms with Crippen LogP contribution in [0.25, 0.3) is 0 Å². The minimum Gasteiger partial charge on any atom is -0.742 e. The van der Waals surface area contributed by atoms with E-state index in [2.05, 4.69) is 0 Å². The lowest BCUT2D eigenvalue weighted by Crippen LogP contribution is -1.97. The first-order valence-electron chi connectivity index (χ1n) is 1.52. The molecule has 0 radical (unpaired) electrons. The van der Waals surface area contributed by atoms with Gasteiger partial charge in [-0.15, -0.1) is 0 Å². The zero-order valence-corrected chi connectivity index (χ0v) is 4.58.